The van der Waals surface area contributed by atoms with Crippen LogP contribution < -0.4 is 0 Å². The Bertz CT molecular complexity index is 639. The molecule has 0 aromatic carbocycles. The highest BCUT2D eigenvalue weighted by Gasteiger charge is 2.33. The van der Waals surface area contributed by atoms with Crippen LogP contribution in [0.2, 0.25) is 0 Å². The third-order valence-electron chi connectivity index (χ3n) is 6.24. The van der Waals surface area contributed by atoms with Gasteiger partial charge in [0, 0.05) is 25.2 Å². The van der Waals surface area contributed by atoms with Gasteiger partial charge in [0.2, 0.25) is 0 Å². The summed E-state index contributed by atoms with van der Waals surface area (Å²) < 4.78 is 10.8. The van der Waals surface area contributed by atoms with Crippen molar-refractivity contribution in [3.8, 4) is 0 Å². The van der Waals surface area contributed by atoms with Crippen molar-refractivity contribution < 1.29 is 29.3 Å². The van der Waals surface area contributed by atoms with Gasteiger partial charge in [-0.1, -0.05) is 71.4 Å². The molecule has 0 amide bonds. The quantitative estimate of drug-likeness (QED) is 0.131. The molecule has 0 radical (unpaired) electrons. The molecule has 1 aliphatic carbocycles. The summed E-state index contributed by atoms with van der Waals surface area (Å²) in [5.41, 5.74) is 0.966. The van der Waals surface area contributed by atoms with Crippen LogP contribution >= 0.6 is 0 Å². The first kappa shape index (κ1) is 30.4. The molecule has 0 heterocycles. The molecule has 2 N–H and O–H groups in total. The molecular weight excluding hydrogens is 432 g/mol. The molecule has 6 heteroatoms. The van der Waals surface area contributed by atoms with Crippen molar-refractivity contribution in [2.75, 3.05) is 6.61 Å². The molecule has 0 aliphatic heterocycles. The van der Waals surface area contributed by atoms with Gasteiger partial charge in [0.05, 0.1) is 18.8 Å². The van der Waals surface area contributed by atoms with Crippen molar-refractivity contribution in [1.82, 2.24) is 0 Å². The summed E-state index contributed by atoms with van der Waals surface area (Å²) in [7, 11) is 0. The van der Waals surface area contributed by atoms with E-state index in [0.29, 0.717) is 38.0 Å². The van der Waals surface area contributed by atoms with Gasteiger partial charge in [0.25, 0.3) is 0 Å². The highest BCUT2D eigenvalue weighted by molar-refractivity contribution is 5.70. The van der Waals surface area contributed by atoms with Crippen molar-refractivity contribution >= 4 is 11.9 Å². The molecular formula is C28H48O6. The number of hydrogen-bond donors (Lipinski definition) is 2. The summed E-state index contributed by atoms with van der Waals surface area (Å²) in [6.45, 7) is 6.65. The Morgan fingerprint density at radius 3 is 2.38 bits per heavy atom. The molecule has 1 unspecified atom stereocenters. The van der Waals surface area contributed by atoms with Crippen molar-refractivity contribution in [3.05, 3.63) is 23.5 Å². The van der Waals surface area contributed by atoms with Crippen LogP contribution in [-0.2, 0) is 19.1 Å². The molecule has 0 saturated heterocycles. The standard InChI is InChI=1S/C28H48O6/c1-4-7-11-15-22(29)18-19-23-24(26(21-25(23)30)34-28(32)14-6-3)16-12-9-10-13-17-27(31)33-20-8-5-2/h18-19,22-23,25,29-30H,4-17,20-21H2,1-3H3/b19-18+/t22-,23?,25+/m0/s1. The average Bonchev–Trinajstić information content (AvgIpc) is 3.08. The lowest BCUT2D eigenvalue weighted by molar-refractivity contribution is -0.144. The molecule has 0 spiro atoms. The average molecular weight is 481 g/mol. The van der Waals surface area contributed by atoms with Crippen LogP contribution in [0.5, 0.6) is 0 Å². The van der Waals surface area contributed by atoms with E-state index in [1.54, 1.807) is 6.08 Å². The summed E-state index contributed by atoms with van der Waals surface area (Å²) in [6, 6.07) is 0. The normalized spacial score (nSPS) is 19.1. The van der Waals surface area contributed by atoms with Crippen LogP contribution in [0.25, 0.3) is 0 Å². The Kier molecular flexibility index (Phi) is 16.7. The Labute approximate surface area is 206 Å². The van der Waals surface area contributed by atoms with E-state index in [1.807, 2.05) is 13.0 Å². The molecule has 6 nitrogen and oxygen atoms in total. The molecule has 0 aromatic rings. The van der Waals surface area contributed by atoms with Gasteiger partial charge in [0.1, 0.15) is 5.76 Å². The second-order valence-electron chi connectivity index (χ2n) is 9.41. The zero-order valence-corrected chi connectivity index (χ0v) is 21.7. The SMILES string of the molecule is CCCCC[C@H](O)/C=C/C1C(CCCCCCC(=O)OCCCC)=C(OC(=O)CCC)C[C@H]1O. The number of hydrogen-bond acceptors (Lipinski definition) is 6. The smallest absolute Gasteiger partial charge is 0.310 e. The number of esters is 2. The lowest BCUT2D eigenvalue weighted by Crippen LogP contribution is -2.15. The first-order chi connectivity index (χ1) is 16.4. The van der Waals surface area contributed by atoms with Crippen molar-refractivity contribution in [1.29, 1.82) is 0 Å². The van der Waals surface area contributed by atoms with Crippen LogP contribution in [0, 0.1) is 5.92 Å². The lowest BCUT2D eigenvalue weighted by atomic mass is 9.93. The van der Waals surface area contributed by atoms with Gasteiger partial charge in [-0.25, -0.2) is 0 Å². The monoisotopic (exact) mass is 480 g/mol. The zero-order chi connectivity index (χ0) is 25.2. The Balaban J connectivity index is 2.62. The minimum absolute atomic E-state index is 0.122. The number of carbonyl (C=O) groups excluding carboxylic acids is 2. The molecule has 0 saturated carbocycles. The Morgan fingerprint density at radius 1 is 0.941 bits per heavy atom. The van der Waals surface area contributed by atoms with Crippen LogP contribution in [0.4, 0.5) is 0 Å². The first-order valence-corrected chi connectivity index (χ1v) is 13.5. The van der Waals surface area contributed by atoms with Gasteiger partial charge < -0.3 is 19.7 Å². The molecule has 0 aromatic heterocycles. The predicted molar refractivity (Wildman–Crippen MR) is 135 cm³/mol. The van der Waals surface area contributed by atoms with Crippen LogP contribution in [-0.4, -0.2) is 41.0 Å². The lowest BCUT2D eigenvalue weighted by Gasteiger charge is -2.16. The largest absolute Gasteiger partial charge is 0.466 e. The molecule has 0 fully saturated rings. The van der Waals surface area contributed by atoms with E-state index in [1.165, 1.54) is 0 Å². The number of aliphatic hydroxyl groups is 2. The van der Waals surface area contributed by atoms with E-state index in [-0.39, 0.29) is 17.9 Å². The van der Waals surface area contributed by atoms with Crippen LogP contribution in [0.1, 0.15) is 117 Å². The number of aliphatic hydroxyl groups excluding tert-OH is 2. The van der Waals surface area contributed by atoms with Gasteiger partial charge in [-0.3, -0.25) is 9.59 Å². The molecule has 1 rings (SSSR count). The number of unbranched alkanes of at least 4 members (excludes halogenated alkanes) is 6. The zero-order valence-electron chi connectivity index (χ0n) is 21.7. The van der Waals surface area contributed by atoms with E-state index < -0.39 is 12.2 Å². The maximum Gasteiger partial charge on any atom is 0.310 e. The van der Waals surface area contributed by atoms with E-state index >= 15 is 0 Å². The fourth-order valence-corrected chi connectivity index (χ4v) is 4.20. The summed E-state index contributed by atoms with van der Waals surface area (Å²) >= 11 is 0. The summed E-state index contributed by atoms with van der Waals surface area (Å²) in [5.74, 6) is -0.0183. The first-order valence-electron chi connectivity index (χ1n) is 13.5. The second-order valence-corrected chi connectivity index (χ2v) is 9.41. The van der Waals surface area contributed by atoms with Crippen molar-refractivity contribution in [3.63, 3.8) is 0 Å². The molecule has 0 bridgehead atoms. The Hall–Kier alpha value is -1.66. The predicted octanol–water partition coefficient (Wildman–Crippen LogP) is 6.15. The third kappa shape index (κ3) is 12.7. The van der Waals surface area contributed by atoms with Crippen LogP contribution in [0.3, 0.4) is 0 Å². The fourth-order valence-electron chi connectivity index (χ4n) is 4.20. The molecule has 196 valence electrons. The van der Waals surface area contributed by atoms with Crippen LogP contribution in [0.15, 0.2) is 23.5 Å². The second kappa shape index (κ2) is 18.6. The summed E-state index contributed by atoms with van der Waals surface area (Å²) in [4.78, 5) is 23.8. The van der Waals surface area contributed by atoms with Gasteiger partial charge >= 0.3 is 11.9 Å². The maximum absolute atomic E-state index is 12.1. The topological polar surface area (TPSA) is 93.1 Å². The number of rotatable bonds is 19. The van der Waals surface area contributed by atoms with E-state index in [9.17, 15) is 19.8 Å². The van der Waals surface area contributed by atoms with Crippen molar-refractivity contribution in [2.45, 2.75) is 129 Å². The molecule has 34 heavy (non-hydrogen) atoms. The minimum atomic E-state index is -0.642. The molecule has 1 aliphatic rings. The van der Waals surface area contributed by atoms with E-state index in [0.717, 1.165) is 76.2 Å². The van der Waals surface area contributed by atoms with Gasteiger partial charge in [-0.15, -0.1) is 0 Å². The van der Waals surface area contributed by atoms with Gasteiger partial charge in [-0.2, -0.15) is 0 Å². The summed E-state index contributed by atoms with van der Waals surface area (Å²) in [6.07, 6.45) is 14.5. The minimum Gasteiger partial charge on any atom is -0.466 e. The van der Waals surface area contributed by atoms with Gasteiger partial charge in [-0.05, 0) is 44.1 Å². The van der Waals surface area contributed by atoms with Gasteiger partial charge in [0.15, 0.2) is 0 Å². The highest BCUT2D eigenvalue weighted by atomic mass is 16.5. The Morgan fingerprint density at radius 2 is 1.68 bits per heavy atom. The summed E-state index contributed by atoms with van der Waals surface area (Å²) in [5, 5.41) is 20.9. The number of ether oxygens (including phenoxy) is 2. The third-order valence-corrected chi connectivity index (χ3v) is 6.24. The van der Waals surface area contributed by atoms with E-state index in [2.05, 4.69) is 13.8 Å². The fraction of sp³-hybridized carbons (Fsp3) is 0.786. The molecule has 3 atom stereocenters. The van der Waals surface area contributed by atoms with Crippen molar-refractivity contribution in [2.24, 2.45) is 5.92 Å². The highest BCUT2D eigenvalue weighted by Crippen LogP contribution is 2.37. The number of carbonyl (C=O) groups is 2. The maximum atomic E-state index is 12.1. The van der Waals surface area contributed by atoms with E-state index in [4.69, 9.17) is 9.47 Å².